The minimum atomic E-state index is -0.600. The van der Waals surface area contributed by atoms with Crippen LogP contribution in [0.5, 0.6) is 0 Å². The lowest BCUT2D eigenvalue weighted by Crippen LogP contribution is -1.99. The number of rotatable bonds is 3. The Kier molecular flexibility index (Phi) is 3.76. The Labute approximate surface area is 107 Å². The van der Waals surface area contributed by atoms with Gasteiger partial charge in [-0.2, -0.15) is 0 Å². The predicted molar refractivity (Wildman–Crippen MR) is 65.0 cm³/mol. The highest BCUT2D eigenvalue weighted by Gasteiger charge is 2.11. The van der Waals surface area contributed by atoms with Crippen molar-refractivity contribution in [1.82, 2.24) is 9.59 Å². The van der Waals surface area contributed by atoms with Crippen molar-refractivity contribution < 1.29 is 5.11 Å². The third-order valence-corrected chi connectivity index (χ3v) is 3.62. The van der Waals surface area contributed by atoms with Crippen molar-refractivity contribution in [3.8, 4) is 0 Å². The van der Waals surface area contributed by atoms with Gasteiger partial charge in [0.2, 0.25) is 0 Å². The molecule has 2 rings (SSSR count). The molecule has 16 heavy (non-hydrogen) atoms. The topological polar surface area (TPSA) is 46.0 Å². The van der Waals surface area contributed by atoms with Gasteiger partial charge in [0.1, 0.15) is 0 Å². The van der Waals surface area contributed by atoms with Crippen molar-refractivity contribution in [3.63, 3.8) is 0 Å². The van der Waals surface area contributed by atoms with Gasteiger partial charge in [0.05, 0.1) is 27.2 Å². The first-order valence-electron chi connectivity index (χ1n) is 4.56. The highest BCUT2D eigenvalue weighted by atomic mass is 35.5. The number of nitrogens with zero attached hydrogens (tertiary/aromatic N) is 2. The Morgan fingerprint density at radius 2 is 2.12 bits per heavy atom. The molecule has 0 saturated carbocycles. The normalized spacial score (nSPS) is 12.7. The highest BCUT2D eigenvalue weighted by molar-refractivity contribution is 7.05. The number of hydrogen-bond donors (Lipinski definition) is 1. The fourth-order valence-corrected chi connectivity index (χ4v) is 2.12. The van der Waals surface area contributed by atoms with Crippen LogP contribution in [-0.2, 0) is 6.42 Å². The Bertz CT molecular complexity index is 476. The Hall–Kier alpha value is -0.680. The molecule has 0 saturated heterocycles. The smallest absolute Gasteiger partial charge is 0.0954 e. The molecule has 0 radical (unpaired) electrons. The van der Waals surface area contributed by atoms with Crippen LogP contribution in [0.4, 0.5) is 0 Å². The van der Waals surface area contributed by atoms with E-state index in [-0.39, 0.29) is 0 Å². The SMILES string of the molecule is OC(Cc1ccc(Cl)c(Cl)c1)c1cnns1. The maximum Gasteiger partial charge on any atom is 0.0954 e. The van der Waals surface area contributed by atoms with E-state index in [1.54, 1.807) is 18.3 Å². The Morgan fingerprint density at radius 1 is 1.31 bits per heavy atom. The third kappa shape index (κ3) is 2.71. The van der Waals surface area contributed by atoms with Crippen molar-refractivity contribution in [3.05, 3.63) is 44.9 Å². The Balaban J connectivity index is 2.12. The van der Waals surface area contributed by atoms with Crippen LogP contribution < -0.4 is 0 Å². The van der Waals surface area contributed by atoms with Gasteiger partial charge in [-0.3, -0.25) is 0 Å². The molecule has 0 aliphatic rings. The van der Waals surface area contributed by atoms with Gasteiger partial charge in [0.25, 0.3) is 0 Å². The maximum atomic E-state index is 9.88. The zero-order chi connectivity index (χ0) is 11.5. The van der Waals surface area contributed by atoms with Crippen LogP contribution in [-0.4, -0.2) is 14.7 Å². The second kappa shape index (κ2) is 5.10. The summed E-state index contributed by atoms with van der Waals surface area (Å²) in [6.45, 7) is 0. The first kappa shape index (κ1) is 11.8. The molecular weight excluding hydrogens is 267 g/mol. The fraction of sp³-hybridized carbons (Fsp3) is 0.200. The lowest BCUT2D eigenvalue weighted by molar-refractivity contribution is 0.182. The molecule has 1 aromatic carbocycles. The van der Waals surface area contributed by atoms with Gasteiger partial charge >= 0.3 is 0 Å². The van der Waals surface area contributed by atoms with Crippen LogP contribution in [0.25, 0.3) is 0 Å². The van der Waals surface area contributed by atoms with E-state index in [4.69, 9.17) is 23.2 Å². The van der Waals surface area contributed by atoms with Gasteiger partial charge in [0, 0.05) is 6.42 Å². The molecule has 1 aromatic heterocycles. The minimum absolute atomic E-state index is 0.473. The highest BCUT2D eigenvalue weighted by Crippen LogP contribution is 2.26. The van der Waals surface area contributed by atoms with Crippen LogP contribution in [0.15, 0.2) is 24.4 Å². The standard InChI is InChI=1S/C10H8Cl2N2OS/c11-7-2-1-6(3-8(7)12)4-9(15)10-5-13-14-16-10/h1-3,5,9,15H,4H2. The van der Waals surface area contributed by atoms with Crippen molar-refractivity contribution in [1.29, 1.82) is 0 Å². The number of aromatic nitrogens is 2. The minimum Gasteiger partial charge on any atom is -0.387 e. The van der Waals surface area contributed by atoms with E-state index in [0.29, 0.717) is 16.5 Å². The van der Waals surface area contributed by atoms with E-state index in [9.17, 15) is 5.11 Å². The van der Waals surface area contributed by atoms with E-state index >= 15 is 0 Å². The molecule has 1 heterocycles. The summed E-state index contributed by atoms with van der Waals surface area (Å²) in [6, 6.07) is 5.31. The molecule has 84 valence electrons. The zero-order valence-electron chi connectivity index (χ0n) is 8.10. The summed E-state index contributed by atoms with van der Waals surface area (Å²) in [4.78, 5) is 0.742. The van der Waals surface area contributed by atoms with Gasteiger partial charge in [-0.15, -0.1) is 5.10 Å². The summed E-state index contributed by atoms with van der Waals surface area (Å²) in [5, 5.41) is 14.6. The van der Waals surface area contributed by atoms with Crippen molar-refractivity contribution in [2.24, 2.45) is 0 Å². The predicted octanol–water partition coefficient (Wildman–Crippen LogP) is 3.12. The second-order valence-electron chi connectivity index (χ2n) is 3.29. The summed E-state index contributed by atoms with van der Waals surface area (Å²) in [5.74, 6) is 0. The van der Waals surface area contributed by atoms with Gasteiger partial charge in [-0.1, -0.05) is 33.8 Å². The Morgan fingerprint density at radius 3 is 2.75 bits per heavy atom. The van der Waals surface area contributed by atoms with E-state index in [0.717, 1.165) is 10.4 Å². The van der Waals surface area contributed by atoms with Crippen molar-refractivity contribution >= 4 is 34.7 Å². The van der Waals surface area contributed by atoms with Crippen LogP contribution in [0.3, 0.4) is 0 Å². The number of benzene rings is 1. The van der Waals surface area contributed by atoms with Crippen LogP contribution in [0, 0.1) is 0 Å². The van der Waals surface area contributed by atoms with E-state index < -0.39 is 6.10 Å². The van der Waals surface area contributed by atoms with Crippen molar-refractivity contribution in [2.75, 3.05) is 0 Å². The van der Waals surface area contributed by atoms with Gasteiger partial charge in [-0.05, 0) is 29.2 Å². The summed E-state index contributed by atoms with van der Waals surface area (Å²) in [5.41, 5.74) is 0.926. The number of aliphatic hydroxyl groups is 1. The van der Waals surface area contributed by atoms with Gasteiger partial charge in [-0.25, -0.2) is 0 Å². The molecule has 0 bridgehead atoms. The molecule has 1 atom stereocenters. The molecule has 0 amide bonds. The van der Waals surface area contributed by atoms with Crippen LogP contribution in [0.1, 0.15) is 16.5 Å². The molecule has 3 nitrogen and oxygen atoms in total. The number of halogens is 2. The lowest BCUT2D eigenvalue weighted by atomic mass is 10.1. The largest absolute Gasteiger partial charge is 0.387 e. The number of aliphatic hydroxyl groups excluding tert-OH is 1. The summed E-state index contributed by atoms with van der Waals surface area (Å²) in [6.07, 6.45) is 1.44. The summed E-state index contributed by atoms with van der Waals surface area (Å²) in [7, 11) is 0. The quantitative estimate of drug-likeness (QED) is 0.936. The summed E-state index contributed by atoms with van der Waals surface area (Å²) < 4.78 is 3.70. The molecule has 0 aliphatic carbocycles. The van der Waals surface area contributed by atoms with Crippen molar-refractivity contribution in [2.45, 2.75) is 12.5 Å². The number of hydrogen-bond acceptors (Lipinski definition) is 4. The lowest BCUT2D eigenvalue weighted by Gasteiger charge is -2.08. The molecular formula is C10H8Cl2N2OS. The van der Waals surface area contributed by atoms with Gasteiger partial charge < -0.3 is 5.11 Å². The third-order valence-electron chi connectivity index (χ3n) is 2.12. The molecule has 0 spiro atoms. The molecule has 0 aliphatic heterocycles. The molecule has 0 fully saturated rings. The molecule has 1 N–H and O–H groups in total. The summed E-state index contributed by atoms with van der Waals surface area (Å²) >= 11 is 12.9. The maximum absolute atomic E-state index is 9.88. The molecule has 2 aromatic rings. The second-order valence-corrected chi connectivity index (χ2v) is 4.92. The molecule has 1 unspecified atom stereocenters. The van der Waals surface area contributed by atoms with Crippen LogP contribution >= 0.6 is 34.7 Å². The van der Waals surface area contributed by atoms with E-state index in [2.05, 4.69) is 9.59 Å². The van der Waals surface area contributed by atoms with E-state index in [1.165, 1.54) is 11.5 Å². The average Bonchev–Trinajstić information content (AvgIpc) is 2.77. The first-order valence-corrected chi connectivity index (χ1v) is 6.09. The van der Waals surface area contributed by atoms with Gasteiger partial charge in [0.15, 0.2) is 0 Å². The zero-order valence-corrected chi connectivity index (χ0v) is 10.4. The van der Waals surface area contributed by atoms with E-state index in [1.807, 2.05) is 6.07 Å². The average molecular weight is 275 g/mol. The first-order chi connectivity index (χ1) is 7.66. The molecule has 6 heteroatoms. The van der Waals surface area contributed by atoms with Crippen LogP contribution in [0.2, 0.25) is 10.0 Å². The monoisotopic (exact) mass is 274 g/mol. The fourth-order valence-electron chi connectivity index (χ4n) is 1.31.